The summed E-state index contributed by atoms with van der Waals surface area (Å²) < 4.78 is 0. The maximum atomic E-state index is 8.81. The molecule has 0 aromatic carbocycles. The van der Waals surface area contributed by atoms with Gasteiger partial charge in [0.15, 0.2) is 12.6 Å². The van der Waals surface area contributed by atoms with Crippen molar-refractivity contribution in [3.63, 3.8) is 0 Å². The second-order valence-electron chi connectivity index (χ2n) is 2.13. The Balaban J connectivity index is -0.000000117. The molecular formula is C10H19NO2. The van der Waals surface area contributed by atoms with Gasteiger partial charge in [-0.3, -0.25) is 9.59 Å². The Kier molecular flexibility index (Phi) is 30.6. The van der Waals surface area contributed by atoms with Crippen LogP contribution in [0.4, 0.5) is 0 Å². The van der Waals surface area contributed by atoms with E-state index in [1.807, 2.05) is 6.92 Å². The molecule has 0 heterocycles. The highest BCUT2D eigenvalue weighted by atomic mass is 16.2. The van der Waals surface area contributed by atoms with Crippen molar-refractivity contribution in [2.75, 3.05) is 0 Å². The van der Waals surface area contributed by atoms with Gasteiger partial charge in [0.1, 0.15) is 0 Å². The minimum absolute atomic E-state index is 0.194. The molecule has 0 aliphatic rings. The van der Waals surface area contributed by atoms with Crippen molar-refractivity contribution in [2.45, 2.75) is 26.3 Å². The van der Waals surface area contributed by atoms with Gasteiger partial charge in [0.25, 0.3) is 0 Å². The monoisotopic (exact) mass is 185 g/mol. The fraction of sp³-hybridized carbons (Fsp3) is 0.400. The van der Waals surface area contributed by atoms with Crippen LogP contribution in [0.15, 0.2) is 25.3 Å². The third-order valence-corrected chi connectivity index (χ3v) is 0.866. The third kappa shape index (κ3) is 108. The van der Waals surface area contributed by atoms with Gasteiger partial charge in [0, 0.05) is 6.04 Å². The maximum absolute atomic E-state index is 8.81. The summed E-state index contributed by atoms with van der Waals surface area (Å²) in [6.45, 7) is 10.8. The van der Waals surface area contributed by atoms with E-state index < -0.39 is 0 Å². The summed E-state index contributed by atoms with van der Waals surface area (Å²) in [5.41, 5.74) is 5.29. The highest BCUT2D eigenvalue weighted by molar-refractivity contribution is 6.09. The molecule has 1 atom stereocenters. The predicted octanol–water partition coefficient (Wildman–Crippen LogP) is 1.49. The molecule has 0 aromatic rings. The smallest absolute Gasteiger partial charge is 0.182 e. The number of hydrogen-bond acceptors (Lipinski definition) is 3. The molecule has 0 radical (unpaired) electrons. The highest BCUT2D eigenvalue weighted by Crippen LogP contribution is 1.77. The van der Waals surface area contributed by atoms with Crippen LogP contribution in [-0.2, 0) is 9.59 Å². The molecule has 76 valence electrons. The topological polar surface area (TPSA) is 60.2 Å². The van der Waals surface area contributed by atoms with Gasteiger partial charge >= 0.3 is 0 Å². The standard InChI is InChI=1S/C4H11N.C4H6.C2H2O2/c1-3-4(2)5;1-3-4-2;3-1-2-4/h4H,3,5H2,1-2H3;3-4H,1-2H2;1-2H. The summed E-state index contributed by atoms with van der Waals surface area (Å²) in [5, 5.41) is 0. The van der Waals surface area contributed by atoms with Gasteiger partial charge in [-0.2, -0.15) is 0 Å². The van der Waals surface area contributed by atoms with Gasteiger partial charge in [-0.15, -0.1) is 0 Å². The summed E-state index contributed by atoms with van der Waals surface area (Å²) in [4.78, 5) is 17.6. The van der Waals surface area contributed by atoms with Gasteiger partial charge in [-0.25, -0.2) is 0 Å². The van der Waals surface area contributed by atoms with Crippen molar-refractivity contribution in [1.82, 2.24) is 0 Å². The summed E-state index contributed by atoms with van der Waals surface area (Å²) in [6.07, 6.45) is 4.75. The molecule has 0 aromatic heterocycles. The molecule has 0 aliphatic heterocycles. The fourth-order valence-electron chi connectivity index (χ4n) is 0. The first-order valence-electron chi connectivity index (χ1n) is 3.98. The van der Waals surface area contributed by atoms with Crippen LogP contribution >= 0.6 is 0 Å². The number of aldehydes is 2. The van der Waals surface area contributed by atoms with Crippen molar-refractivity contribution in [3.05, 3.63) is 25.3 Å². The molecule has 0 amide bonds. The van der Waals surface area contributed by atoms with Gasteiger partial charge in [0.2, 0.25) is 0 Å². The van der Waals surface area contributed by atoms with Crippen LogP contribution in [0.1, 0.15) is 20.3 Å². The lowest BCUT2D eigenvalue weighted by Crippen LogP contribution is -2.11. The lowest BCUT2D eigenvalue weighted by atomic mass is 10.3. The van der Waals surface area contributed by atoms with E-state index in [0.29, 0.717) is 6.04 Å². The molecule has 3 nitrogen and oxygen atoms in total. The molecule has 2 N–H and O–H groups in total. The first-order chi connectivity index (χ1) is 6.10. The highest BCUT2D eigenvalue weighted by Gasteiger charge is 1.79. The number of hydrogen-bond donors (Lipinski definition) is 1. The Hall–Kier alpha value is -1.22. The average molecular weight is 185 g/mol. The van der Waals surface area contributed by atoms with E-state index in [4.69, 9.17) is 15.3 Å². The second kappa shape index (κ2) is 22.4. The molecule has 0 saturated heterocycles. The first-order valence-corrected chi connectivity index (χ1v) is 3.98. The minimum atomic E-state index is 0.194. The van der Waals surface area contributed by atoms with Crippen LogP contribution in [0.25, 0.3) is 0 Å². The number of allylic oxidation sites excluding steroid dienone is 2. The number of carbonyl (C=O) groups excluding carboxylic acids is 2. The Bertz CT molecular complexity index is 107. The summed E-state index contributed by atoms with van der Waals surface area (Å²) in [7, 11) is 0. The van der Waals surface area contributed by atoms with E-state index in [1.54, 1.807) is 12.2 Å². The Labute approximate surface area is 80.3 Å². The Morgan fingerprint density at radius 2 is 1.46 bits per heavy atom. The molecule has 0 saturated carbocycles. The van der Waals surface area contributed by atoms with E-state index >= 15 is 0 Å². The minimum Gasteiger partial charge on any atom is -0.328 e. The normalized spacial score (nSPS) is 8.85. The Morgan fingerprint density at radius 3 is 1.46 bits per heavy atom. The lowest BCUT2D eigenvalue weighted by molar-refractivity contribution is -0.122. The van der Waals surface area contributed by atoms with Crippen LogP contribution in [0, 0.1) is 0 Å². The second-order valence-corrected chi connectivity index (χ2v) is 2.13. The predicted molar refractivity (Wildman–Crippen MR) is 56.5 cm³/mol. The van der Waals surface area contributed by atoms with Gasteiger partial charge in [0.05, 0.1) is 0 Å². The van der Waals surface area contributed by atoms with Crippen molar-refractivity contribution in [1.29, 1.82) is 0 Å². The Morgan fingerprint density at radius 1 is 1.23 bits per heavy atom. The molecule has 0 rings (SSSR count). The van der Waals surface area contributed by atoms with Crippen molar-refractivity contribution in [2.24, 2.45) is 5.73 Å². The quantitative estimate of drug-likeness (QED) is 0.411. The van der Waals surface area contributed by atoms with Crippen LogP contribution < -0.4 is 5.73 Å². The molecule has 3 heteroatoms. The molecule has 0 aliphatic carbocycles. The number of carbonyl (C=O) groups is 2. The number of rotatable bonds is 3. The number of nitrogens with two attached hydrogens (primary N) is 1. The van der Waals surface area contributed by atoms with Gasteiger partial charge in [-0.05, 0) is 13.3 Å². The zero-order valence-corrected chi connectivity index (χ0v) is 8.40. The van der Waals surface area contributed by atoms with Gasteiger partial charge < -0.3 is 5.73 Å². The lowest BCUT2D eigenvalue weighted by Gasteiger charge is -1.91. The van der Waals surface area contributed by atoms with Crippen LogP contribution in [0.2, 0.25) is 0 Å². The van der Waals surface area contributed by atoms with E-state index in [2.05, 4.69) is 20.1 Å². The van der Waals surface area contributed by atoms with Crippen LogP contribution in [-0.4, -0.2) is 18.6 Å². The van der Waals surface area contributed by atoms with Gasteiger partial charge in [-0.1, -0.05) is 32.2 Å². The van der Waals surface area contributed by atoms with Crippen molar-refractivity contribution < 1.29 is 9.59 Å². The summed E-state index contributed by atoms with van der Waals surface area (Å²) in [6, 6.07) is 0.384. The third-order valence-electron chi connectivity index (χ3n) is 0.866. The summed E-state index contributed by atoms with van der Waals surface area (Å²) >= 11 is 0. The van der Waals surface area contributed by atoms with Crippen molar-refractivity contribution >= 4 is 12.6 Å². The molecule has 0 bridgehead atoms. The average Bonchev–Trinajstić information content (AvgIpc) is 2.18. The molecule has 1 unspecified atom stereocenters. The maximum Gasteiger partial charge on any atom is 0.182 e. The largest absolute Gasteiger partial charge is 0.328 e. The van der Waals surface area contributed by atoms with E-state index in [9.17, 15) is 0 Å². The SMILES string of the molecule is C=CC=C.CCC(C)N.O=CC=O. The van der Waals surface area contributed by atoms with Crippen LogP contribution in [0.3, 0.4) is 0 Å². The fourth-order valence-corrected chi connectivity index (χ4v) is 0. The molecular weight excluding hydrogens is 166 g/mol. The van der Waals surface area contributed by atoms with E-state index in [1.165, 1.54) is 0 Å². The zero-order chi connectivity index (χ0) is 11.1. The van der Waals surface area contributed by atoms with E-state index in [-0.39, 0.29) is 12.6 Å². The van der Waals surface area contributed by atoms with Crippen LogP contribution in [0.5, 0.6) is 0 Å². The van der Waals surface area contributed by atoms with E-state index in [0.717, 1.165) is 6.42 Å². The molecule has 0 spiro atoms. The summed E-state index contributed by atoms with van der Waals surface area (Å²) in [5.74, 6) is 0. The van der Waals surface area contributed by atoms with Crippen molar-refractivity contribution in [3.8, 4) is 0 Å². The molecule has 13 heavy (non-hydrogen) atoms. The first kappa shape index (κ1) is 17.8. The zero-order valence-electron chi connectivity index (χ0n) is 8.40. The molecule has 0 fully saturated rings.